The summed E-state index contributed by atoms with van der Waals surface area (Å²) in [5.41, 5.74) is 2.52. The van der Waals surface area contributed by atoms with Gasteiger partial charge in [-0.2, -0.15) is 0 Å². The van der Waals surface area contributed by atoms with Crippen molar-refractivity contribution in [2.75, 3.05) is 6.54 Å². The zero-order chi connectivity index (χ0) is 12.6. The van der Waals surface area contributed by atoms with E-state index in [1.165, 1.54) is 24.0 Å². The molecule has 92 valence electrons. The van der Waals surface area contributed by atoms with Crippen LogP contribution in [0.2, 0.25) is 0 Å². The summed E-state index contributed by atoms with van der Waals surface area (Å²) in [5.74, 6) is 1.20. The highest BCUT2D eigenvalue weighted by Gasteiger charge is 2.20. The highest BCUT2D eigenvalue weighted by molar-refractivity contribution is 7.17. The third kappa shape index (κ3) is 5.09. The van der Waals surface area contributed by atoms with E-state index < -0.39 is 0 Å². The van der Waals surface area contributed by atoms with Gasteiger partial charge in [0.05, 0.1) is 0 Å². The maximum Gasteiger partial charge on any atom is 0.0211 e. The Morgan fingerprint density at radius 1 is 1.38 bits per heavy atom. The molecule has 0 radical (unpaired) electrons. The first kappa shape index (κ1) is 15.6. The van der Waals surface area contributed by atoms with Crippen molar-refractivity contribution >= 4 is 9.24 Å². The van der Waals surface area contributed by atoms with Gasteiger partial charge in [-0.1, -0.05) is 44.7 Å². The molecular formula is C14H26NP. The van der Waals surface area contributed by atoms with E-state index in [4.69, 9.17) is 0 Å². The molecule has 2 heteroatoms. The van der Waals surface area contributed by atoms with Crippen molar-refractivity contribution in [1.29, 1.82) is 0 Å². The van der Waals surface area contributed by atoms with E-state index in [9.17, 15) is 0 Å². The topological polar surface area (TPSA) is 12.0 Å². The smallest absolute Gasteiger partial charge is 0.0211 e. The molecule has 1 fully saturated rings. The monoisotopic (exact) mass is 239 g/mol. The van der Waals surface area contributed by atoms with Gasteiger partial charge >= 0.3 is 0 Å². The lowest BCUT2D eigenvalue weighted by Crippen LogP contribution is -2.35. The largest absolute Gasteiger partial charge is 0.310 e. The minimum atomic E-state index is 0.585. The van der Waals surface area contributed by atoms with Gasteiger partial charge in [0.2, 0.25) is 0 Å². The molecule has 3 atom stereocenters. The van der Waals surface area contributed by atoms with E-state index in [2.05, 4.69) is 40.7 Å². The molecule has 0 saturated carbocycles. The van der Waals surface area contributed by atoms with Gasteiger partial charge < -0.3 is 5.32 Å². The summed E-state index contributed by atoms with van der Waals surface area (Å²) in [5, 5.41) is 3.47. The summed E-state index contributed by atoms with van der Waals surface area (Å²) in [4.78, 5) is 0. The van der Waals surface area contributed by atoms with Crippen LogP contribution in [0.25, 0.3) is 0 Å². The summed E-state index contributed by atoms with van der Waals surface area (Å²) in [6.45, 7) is 14.9. The van der Waals surface area contributed by atoms with Crippen LogP contribution in [0.15, 0.2) is 36.5 Å². The molecule has 1 rings (SSSR count). The Balaban J connectivity index is 0.00000106. The summed E-state index contributed by atoms with van der Waals surface area (Å²) in [7, 11) is 2.83. The molecule has 0 amide bonds. The second-order valence-corrected chi connectivity index (χ2v) is 4.73. The summed E-state index contributed by atoms with van der Waals surface area (Å²) < 4.78 is 0. The average molecular weight is 239 g/mol. The maximum absolute atomic E-state index is 4.02. The van der Waals surface area contributed by atoms with Crippen molar-refractivity contribution in [3.8, 4) is 0 Å². The summed E-state index contributed by atoms with van der Waals surface area (Å²) >= 11 is 0. The predicted octanol–water partition coefficient (Wildman–Crippen LogP) is 3.90. The van der Waals surface area contributed by atoms with Crippen LogP contribution < -0.4 is 5.32 Å². The number of piperidine rings is 1. The summed E-state index contributed by atoms with van der Waals surface area (Å²) in [6, 6.07) is 0. The molecule has 1 saturated heterocycles. The minimum Gasteiger partial charge on any atom is -0.310 e. The first-order valence-corrected chi connectivity index (χ1v) is 6.79. The molecule has 0 aromatic heterocycles. The van der Waals surface area contributed by atoms with Crippen LogP contribution in [0.5, 0.6) is 0 Å². The van der Waals surface area contributed by atoms with Crippen LogP contribution in [0.4, 0.5) is 0 Å². The molecule has 1 heterocycles. The van der Waals surface area contributed by atoms with Crippen molar-refractivity contribution in [1.82, 2.24) is 5.32 Å². The number of allylic oxidation sites excluding steroid dienone is 3. The Morgan fingerprint density at radius 3 is 2.38 bits per heavy atom. The molecule has 0 aromatic carbocycles. The SMILES string of the molecule is C=C/C=C(\C(=C)C)C1CCC(P)NC1.CC. The van der Waals surface area contributed by atoms with Gasteiger partial charge in [0, 0.05) is 12.3 Å². The zero-order valence-electron chi connectivity index (χ0n) is 10.9. The van der Waals surface area contributed by atoms with E-state index in [1.807, 2.05) is 19.9 Å². The van der Waals surface area contributed by atoms with E-state index in [-0.39, 0.29) is 0 Å². The standard InChI is InChI=1S/C12H20NP.C2H6/c1-4-5-11(9(2)3)10-6-7-12(14)13-8-10;1-2/h4-5,10,12-13H,1-2,6-8,14H2,3H3;1-2H3/b11-5+;. The molecule has 1 aliphatic heterocycles. The molecule has 0 aliphatic carbocycles. The third-order valence-corrected chi connectivity index (χ3v) is 3.25. The highest BCUT2D eigenvalue weighted by atomic mass is 31.0. The molecule has 16 heavy (non-hydrogen) atoms. The minimum absolute atomic E-state index is 0.585. The Labute approximate surface area is 103 Å². The molecule has 1 aliphatic rings. The first-order valence-electron chi connectivity index (χ1n) is 6.12. The quantitative estimate of drug-likeness (QED) is 0.582. The van der Waals surface area contributed by atoms with Gasteiger partial charge in [-0.3, -0.25) is 0 Å². The van der Waals surface area contributed by atoms with Gasteiger partial charge in [0.25, 0.3) is 0 Å². The molecular weight excluding hydrogens is 213 g/mol. The van der Waals surface area contributed by atoms with Crippen LogP contribution in [-0.4, -0.2) is 12.3 Å². The predicted molar refractivity (Wildman–Crippen MR) is 78.7 cm³/mol. The fourth-order valence-corrected chi connectivity index (χ4v) is 2.23. The van der Waals surface area contributed by atoms with E-state index in [1.54, 1.807) is 0 Å². The van der Waals surface area contributed by atoms with Crippen LogP contribution in [0, 0.1) is 5.92 Å². The molecule has 1 N–H and O–H groups in total. The van der Waals surface area contributed by atoms with Crippen LogP contribution in [-0.2, 0) is 0 Å². The van der Waals surface area contributed by atoms with Gasteiger partial charge in [-0.15, -0.1) is 9.24 Å². The molecule has 0 spiro atoms. The fraction of sp³-hybridized carbons (Fsp3) is 0.571. The van der Waals surface area contributed by atoms with E-state index >= 15 is 0 Å². The van der Waals surface area contributed by atoms with Crippen molar-refractivity contribution in [2.24, 2.45) is 5.92 Å². The lowest BCUT2D eigenvalue weighted by molar-refractivity contribution is 0.405. The van der Waals surface area contributed by atoms with Crippen LogP contribution in [0.1, 0.15) is 33.6 Å². The van der Waals surface area contributed by atoms with Gasteiger partial charge in [-0.05, 0) is 31.3 Å². The zero-order valence-corrected chi connectivity index (χ0v) is 12.1. The van der Waals surface area contributed by atoms with Gasteiger partial charge in [-0.25, -0.2) is 0 Å². The van der Waals surface area contributed by atoms with Gasteiger partial charge in [0.15, 0.2) is 0 Å². The van der Waals surface area contributed by atoms with Crippen molar-refractivity contribution in [3.63, 3.8) is 0 Å². The van der Waals surface area contributed by atoms with E-state index in [0.29, 0.717) is 11.7 Å². The Morgan fingerprint density at radius 2 is 2.00 bits per heavy atom. The van der Waals surface area contributed by atoms with Crippen molar-refractivity contribution in [3.05, 3.63) is 36.5 Å². The number of hydrogen-bond donors (Lipinski definition) is 1. The average Bonchev–Trinajstić information content (AvgIpc) is 2.30. The fourth-order valence-electron chi connectivity index (χ4n) is 1.90. The lowest BCUT2D eigenvalue weighted by Gasteiger charge is -2.29. The summed E-state index contributed by atoms with van der Waals surface area (Å²) in [6.07, 6.45) is 6.42. The first-order chi connectivity index (χ1) is 7.65. The number of hydrogen-bond acceptors (Lipinski definition) is 1. The molecule has 0 aromatic rings. The lowest BCUT2D eigenvalue weighted by atomic mass is 9.87. The Hall–Kier alpha value is -0.390. The van der Waals surface area contributed by atoms with Crippen molar-refractivity contribution < 1.29 is 0 Å². The number of nitrogens with one attached hydrogen (secondary N) is 1. The molecule has 0 bridgehead atoms. The van der Waals surface area contributed by atoms with Crippen LogP contribution >= 0.6 is 9.24 Å². The molecule has 1 nitrogen and oxygen atoms in total. The second-order valence-electron chi connectivity index (χ2n) is 3.93. The van der Waals surface area contributed by atoms with Crippen LogP contribution in [0.3, 0.4) is 0 Å². The third-order valence-electron chi connectivity index (χ3n) is 2.68. The van der Waals surface area contributed by atoms with E-state index in [0.717, 1.165) is 6.54 Å². The highest BCUT2D eigenvalue weighted by Crippen LogP contribution is 2.27. The molecule has 3 unspecified atom stereocenters. The Kier molecular flexibility index (Phi) is 8.51. The van der Waals surface area contributed by atoms with Gasteiger partial charge in [0.1, 0.15) is 0 Å². The second kappa shape index (κ2) is 8.73. The van der Waals surface area contributed by atoms with Crippen molar-refractivity contribution in [2.45, 2.75) is 39.4 Å². The normalized spacial score (nSPS) is 25.4. The maximum atomic E-state index is 4.02. The number of rotatable bonds is 3. The Bertz CT molecular complexity index is 247.